The standard InChI is InChI=1S/C27H31N5O4/c1-18-16-21(25(34)30-14-8-3-9-15-30)23-24(28-18)32(20-12-4-2-5-13-20)27(36)31(26(23)35)17-22(33)29-19-10-6-7-11-19/h2,4-5,12-13,16,19H,3,6-11,14-15,17H2,1H3,(H,29,33). The first-order valence-corrected chi connectivity index (χ1v) is 12.8. The van der Waals surface area contributed by atoms with E-state index < -0.39 is 17.8 Å². The van der Waals surface area contributed by atoms with Crippen LogP contribution in [0.5, 0.6) is 0 Å². The minimum Gasteiger partial charge on any atom is -0.352 e. The van der Waals surface area contributed by atoms with Crippen LogP contribution < -0.4 is 16.6 Å². The largest absolute Gasteiger partial charge is 0.352 e. The third-order valence-corrected chi connectivity index (χ3v) is 7.13. The minimum absolute atomic E-state index is 0.0607. The summed E-state index contributed by atoms with van der Waals surface area (Å²) in [5.41, 5.74) is 0.0596. The number of hydrogen-bond donors (Lipinski definition) is 1. The normalized spacial score (nSPS) is 16.4. The molecule has 1 saturated heterocycles. The van der Waals surface area contributed by atoms with Crippen LogP contribution >= 0.6 is 0 Å². The Kier molecular flexibility index (Phi) is 6.71. The van der Waals surface area contributed by atoms with Gasteiger partial charge in [-0.25, -0.2) is 18.9 Å². The van der Waals surface area contributed by atoms with Crippen LogP contribution in [0.3, 0.4) is 0 Å². The zero-order valence-corrected chi connectivity index (χ0v) is 20.5. The van der Waals surface area contributed by atoms with E-state index >= 15 is 0 Å². The van der Waals surface area contributed by atoms with Crippen LogP contribution in [0.25, 0.3) is 16.7 Å². The number of carbonyl (C=O) groups excluding carboxylic acids is 2. The van der Waals surface area contributed by atoms with Gasteiger partial charge >= 0.3 is 5.69 Å². The second-order valence-electron chi connectivity index (χ2n) is 9.76. The molecule has 0 bridgehead atoms. The van der Waals surface area contributed by atoms with Crippen molar-refractivity contribution >= 4 is 22.8 Å². The van der Waals surface area contributed by atoms with Crippen molar-refractivity contribution in [3.05, 3.63) is 68.5 Å². The number of benzene rings is 1. The van der Waals surface area contributed by atoms with Crippen molar-refractivity contribution in [3.8, 4) is 5.69 Å². The summed E-state index contributed by atoms with van der Waals surface area (Å²) in [5, 5.41) is 3.01. The topological polar surface area (TPSA) is 106 Å². The SMILES string of the molecule is Cc1cc(C(=O)N2CCCCC2)c2c(=O)n(CC(=O)NC3CCCC3)c(=O)n(-c3ccccc3)c2n1. The molecule has 9 nitrogen and oxygen atoms in total. The van der Waals surface area contributed by atoms with Crippen LogP contribution in [0.4, 0.5) is 0 Å². The molecule has 1 saturated carbocycles. The lowest BCUT2D eigenvalue weighted by Crippen LogP contribution is -2.46. The van der Waals surface area contributed by atoms with Crippen LogP contribution in [-0.2, 0) is 11.3 Å². The van der Waals surface area contributed by atoms with E-state index in [1.165, 1.54) is 4.57 Å². The zero-order chi connectivity index (χ0) is 25.2. The molecule has 36 heavy (non-hydrogen) atoms. The van der Waals surface area contributed by atoms with Gasteiger partial charge in [-0.1, -0.05) is 31.0 Å². The predicted molar refractivity (Wildman–Crippen MR) is 136 cm³/mol. The third kappa shape index (κ3) is 4.57. The molecular formula is C27H31N5O4. The number of rotatable bonds is 5. The molecule has 0 unspecified atom stereocenters. The number of likely N-dealkylation sites (tertiary alicyclic amines) is 1. The van der Waals surface area contributed by atoms with Crippen LogP contribution in [0.15, 0.2) is 46.0 Å². The molecule has 0 atom stereocenters. The number of aryl methyl sites for hydroxylation is 1. The van der Waals surface area contributed by atoms with Gasteiger partial charge in [-0.05, 0) is 57.2 Å². The van der Waals surface area contributed by atoms with Crippen molar-refractivity contribution < 1.29 is 9.59 Å². The van der Waals surface area contributed by atoms with Gasteiger partial charge in [0.15, 0.2) is 5.65 Å². The van der Waals surface area contributed by atoms with Crippen LogP contribution in [0.2, 0.25) is 0 Å². The molecule has 1 aliphatic carbocycles. The minimum atomic E-state index is -0.670. The van der Waals surface area contributed by atoms with E-state index in [2.05, 4.69) is 10.3 Å². The van der Waals surface area contributed by atoms with Gasteiger partial charge in [0.1, 0.15) is 6.54 Å². The maximum atomic E-state index is 13.8. The van der Waals surface area contributed by atoms with Gasteiger partial charge in [0.05, 0.1) is 16.6 Å². The van der Waals surface area contributed by atoms with E-state index in [1.54, 1.807) is 42.2 Å². The third-order valence-electron chi connectivity index (χ3n) is 7.13. The number of nitrogens with zero attached hydrogens (tertiary/aromatic N) is 4. The van der Waals surface area contributed by atoms with Gasteiger partial charge in [-0.2, -0.15) is 0 Å². The molecule has 3 aromatic rings. The quantitative estimate of drug-likeness (QED) is 0.593. The molecule has 9 heteroatoms. The number of pyridine rings is 1. The van der Waals surface area contributed by atoms with Gasteiger partial charge in [0, 0.05) is 24.8 Å². The number of amides is 2. The van der Waals surface area contributed by atoms with E-state index in [9.17, 15) is 19.2 Å². The first-order valence-electron chi connectivity index (χ1n) is 12.8. The highest BCUT2D eigenvalue weighted by Crippen LogP contribution is 2.21. The van der Waals surface area contributed by atoms with Crippen molar-refractivity contribution in [1.82, 2.24) is 24.3 Å². The molecule has 2 fully saturated rings. The maximum absolute atomic E-state index is 13.8. The van der Waals surface area contributed by atoms with Crippen molar-refractivity contribution in [2.75, 3.05) is 13.1 Å². The highest BCUT2D eigenvalue weighted by molar-refractivity contribution is 6.05. The number of hydrogen-bond acceptors (Lipinski definition) is 5. The molecule has 0 spiro atoms. The second kappa shape index (κ2) is 10.1. The number of carbonyl (C=O) groups is 2. The molecule has 2 amide bonds. The van der Waals surface area contributed by atoms with Gasteiger partial charge in [0.25, 0.3) is 11.5 Å². The van der Waals surface area contributed by atoms with E-state index in [1.807, 2.05) is 6.07 Å². The monoisotopic (exact) mass is 489 g/mol. The highest BCUT2D eigenvalue weighted by atomic mass is 16.2. The van der Waals surface area contributed by atoms with Gasteiger partial charge in [0.2, 0.25) is 5.91 Å². The Balaban J connectivity index is 1.70. The van der Waals surface area contributed by atoms with Crippen LogP contribution in [-0.4, -0.2) is 50.0 Å². The Morgan fingerprint density at radius 1 is 1.00 bits per heavy atom. The number of para-hydroxylation sites is 1. The van der Waals surface area contributed by atoms with Crippen molar-refractivity contribution in [1.29, 1.82) is 0 Å². The molecule has 2 aliphatic rings. The Morgan fingerprint density at radius 3 is 2.39 bits per heavy atom. The fourth-order valence-corrected chi connectivity index (χ4v) is 5.33. The van der Waals surface area contributed by atoms with Crippen LogP contribution in [0, 0.1) is 6.92 Å². The molecule has 0 radical (unpaired) electrons. The first-order chi connectivity index (χ1) is 17.4. The summed E-state index contributed by atoms with van der Waals surface area (Å²) in [4.78, 5) is 60.2. The molecule has 1 aliphatic heterocycles. The summed E-state index contributed by atoms with van der Waals surface area (Å²) in [7, 11) is 0. The van der Waals surface area contributed by atoms with E-state index in [0.717, 1.165) is 49.5 Å². The van der Waals surface area contributed by atoms with E-state index in [0.29, 0.717) is 24.5 Å². The summed E-state index contributed by atoms with van der Waals surface area (Å²) in [6.07, 6.45) is 6.77. The summed E-state index contributed by atoms with van der Waals surface area (Å²) in [6, 6.07) is 10.5. The Hall–Kier alpha value is -3.75. The maximum Gasteiger partial charge on any atom is 0.337 e. The Labute approximate surface area is 208 Å². The summed E-state index contributed by atoms with van der Waals surface area (Å²) < 4.78 is 2.27. The van der Waals surface area contributed by atoms with Gasteiger partial charge < -0.3 is 10.2 Å². The van der Waals surface area contributed by atoms with Crippen molar-refractivity contribution in [2.45, 2.75) is 64.5 Å². The second-order valence-corrected chi connectivity index (χ2v) is 9.76. The molecule has 1 N–H and O–H groups in total. The zero-order valence-electron chi connectivity index (χ0n) is 20.5. The summed E-state index contributed by atoms with van der Waals surface area (Å²) >= 11 is 0. The summed E-state index contributed by atoms with van der Waals surface area (Å²) in [6.45, 7) is 2.57. The number of piperidine rings is 1. The predicted octanol–water partition coefficient (Wildman–Crippen LogP) is 2.54. The Bertz CT molecular complexity index is 1410. The fraction of sp³-hybridized carbons (Fsp3) is 0.444. The number of nitrogens with one attached hydrogen (secondary N) is 1. The number of fused-ring (bicyclic) bond motifs is 1. The van der Waals surface area contributed by atoms with E-state index in [4.69, 9.17) is 0 Å². The highest BCUT2D eigenvalue weighted by Gasteiger charge is 2.27. The van der Waals surface area contributed by atoms with Gasteiger partial charge in [-0.15, -0.1) is 0 Å². The Morgan fingerprint density at radius 2 is 1.69 bits per heavy atom. The number of aromatic nitrogens is 3. The lowest BCUT2D eigenvalue weighted by molar-refractivity contribution is -0.122. The van der Waals surface area contributed by atoms with Crippen molar-refractivity contribution in [3.63, 3.8) is 0 Å². The van der Waals surface area contributed by atoms with Crippen molar-refractivity contribution in [2.24, 2.45) is 0 Å². The van der Waals surface area contributed by atoms with Gasteiger partial charge in [-0.3, -0.25) is 14.4 Å². The first kappa shape index (κ1) is 24.0. The lowest BCUT2D eigenvalue weighted by atomic mass is 10.1. The molecule has 5 rings (SSSR count). The van der Waals surface area contributed by atoms with Crippen LogP contribution in [0.1, 0.15) is 61.0 Å². The molecule has 3 heterocycles. The smallest absolute Gasteiger partial charge is 0.337 e. The average molecular weight is 490 g/mol. The molecule has 188 valence electrons. The molecule has 2 aromatic heterocycles. The molecule has 1 aromatic carbocycles. The average Bonchev–Trinajstić information content (AvgIpc) is 3.39. The lowest BCUT2D eigenvalue weighted by Gasteiger charge is -2.27. The molecular weight excluding hydrogens is 458 g/mol. The fourth-order valence-electron chi connectivity index (χ4n) is 5.33. The van der Waals surface area contributed by atoms with E-state index in [-0.39, 0.29) is 34.5 Å². The summed E-state index contributed by atoms with van der Waals surface area (Å²) in [5.74, 6) is -0.633.